The average molecular weight is 501 g/mol. The van der Waals surface area contributed by atoms with E-state index in [2.05, 4.69) is 5.32 Å². The van der Waals surface area contributed by atoms with Crippen molar-refractivity contribution in [1.29, 1.82) is 0 Å². The van der Waals surface area contributed by atoms with Crippen molar-refractivity contribution in [3.05, 3.63) is 54.1 Å². The molecule has 1 aliphatic carbocycles. The van der Waals surface area contributed by atoms with E-state index in [9.17, 15) is 18.0 Å². The Kier molecular flexibility index (Phi) is 7.47. The molecule has 2 fully saturated rings. The number of esters is 1. The Labute approximate surface area is 206 Å². The van der Waals surface area contributed by atoms with Crippen LogP contribution in [0.5, 0.6) is 5.75 Å². The summed E-state index contributed by atoms with van der Waals surface area (Å²) in [4.78, 5) is 25.5. The van der Waals surface area contributed by atoms with E-state index in [-0.39, 0.29) is 23.3 Å². The van der Waals surface area contributed by atoms with Crippen LogP contribution in [0.15, 0.2) is 53.4 Å². The maximum absolute atomic E-state index is 13.1. The molecule has 1 saturated carbocycles. The van der Waals surface area contributed by atoms with E-state index in [0.29, 0.717) is 44.0 Å². The molecule has 1 aliphatic heterocycles. The second-order valence-corrected chi connectivity index (χ2v) is 10.9. The van der Waals surface area contributed by atoms with Gasteiger partial charge >= 0.3 is 5.97 Å². The zero-order valence-corrected chi connectivity index (χ0v) is 21.0. The Hall–Kier alpha value is -2.91. The van der Waals surface area contributed by atoms with Gasteiger partial charge in [-0.1, -0.05) is 12.1 Å². The number of benzene rings is 2. The summed E-state index contributed by atoms with van der Waals surface area (Å²) < 4.78 is 38.3. The van der Waals surface area contributed by atoms with Gasteiger partial charge in [0.1, 0.15) is 5.75 Å². The largest absolute Gasteiger partial charge is 0.494 e. The number of piperidine rings is 1. The van der Waals surface area contributed by atoms with Gasteiger partial charge in [0, 0.05) is 18.8 Å². The number of hydrogen-bond donors (Lipinski definition) is 1. The molecule has 1 amide bonds. The molecular formula is C26H32N2O6S. The van der Waals surface area contributed by atoms with Crippen LogP contribution in [-0.4, -0.2) is 50.9 Å². The minimum absolute atomic E-state index is 0.130. The summed E-state index contributed by atoms with van der Waals surface area (Å²) in [6.07, 6.45) is 2.75. The molecule has 188 valence electrons. The molecule has 1 saturated heterocycles. The maximum atomic E-state index is 13.1. The molecule has 0 aromatic heterocycles. The summed E-state index contributed by atoms with van der Waals surface area (Å²) in [7, 11) is -3.71. The van der Waals surface area contributed by atoms with Crippen LogP contribution in [0, 0.1) is 5.92 Å². The number of rotatable bonds is 9. The van der Waals surface area contributed by atoms with Crippen molar-refractivity contribution in [3.63, 3.8) is 0 Å². The van der Waals surface area contributed by atoms with E-state index in [1.807, 2.05) is 19.1 Å². The number of nitrogens with one attached hydrogen (secondary N) is 1. The molecule has 0 unspecified atom stereocenters. The number of hydrogen-bond acceptors (Lipinski definition) is 6. The fraction of sp³-hybridized carbons (Fsp3) is 0.462. The van der Waals surface area contributed by atoms with Gasteiger partial charge in [0.15, 0.2) is 0 Å². The second kappa shape index (κ2) is 10.4. The highest BCUT2D eigenvalue weighted by atomic mass is 32.2. The van der Waals surface area contributed by atoms with E-state index in [1.54, 1.807) is 31.2 Å². The monoisotopic (exact) mass is 500 g/mol. The zero-order valence-electron chi connectivity index (χ0n) is 20.2. The molecule has 0 spiro atoms. The van der Waals surface area contributed by atoms with Crippen LogP contribution < -0.4 is 10.1 Å². The highest BCUT2D eigenvalue weighted by Gasteiger charge is 2.52. The fourth-order valence-corrected chi connectivity index (χ4v) is 6.04. The lowest BCUT2D eigenvalue weighted by molar-refractivity contribution is -0.146. The second-order valence-electron chi connectivity index (χ2n) is 8.98. The minimum Gasteiger partial charge on any atom is -0.494 e. The smallest absolute Gasteiger partial charge is 0.316 e. The van der Waals surface area contributed by atoms with E-state index < -0.39 is 21.4 Å². The van der Waals surface area contributed by atoms with Crippen molar-refractivity contribution in [2.24, 2.45) is 5.92 Å². The highest BCUT2D eigenvalue weighted by molar-refractivity contribution is 7.89. The lowest BCUT2D eigenvalue weighted by atomic mass is 9.95. The molecule has 1 N–H and O–H groups in total. The summed E-state index contributed by atoms with van der Waals surface area (Å²) in [5.41, 5.74) is 0.946. The van der Waals surface area contributed by atoms with Crippen LogP contribution in [0.2, 0.25) is 0 Å². The zero-order chi connectivity index (χ0) is 25.1. The SMILES string of the molecule is CCOC(=O)C1(c2ccc(NC(=O)[C@@H]3CCCN(S(=O)(=O)c4ccc(OCC)cc4)C3)cc2)CC1. The lowest BCUT2D eigenvalue weighted by Gasteiger charge is -2.31. The van der Waals surface area contributed by atoms with Gasteiger partial charge in [-0.25, -0.2) is 8.42 Å². The number of anilines is 1. The fourth-order valence-electron chi connectivity index (χ4n) is 4.52. The van der Waals surface area contributed by atoms with E-state index in [4.69, 9.17) is 9.47 Å². The normalized spacial score (nSPS) is 19.5. The predicted molar refractivity (Wildman–Crippen MR) is 132 cm³/mol. The van der Waals surface area contributed by atoms with Gasteiger partial charge in [-0.05, 0) is 81.5 Å². The number of sulfonamides is 1. The number of ether oxygens (including phenoxy) is 2. The van der Waals surface area contributed by atoms with Crippen LogP contribution in [0.3, 0.4) is 0 Å². The first-order valence-electron chi connectivity index (χ1n) is 12.1. The molecule has 2 aromatic rings. The number of amides is 1. The topological polar surface area (TPSA) is 102 Å². The van der Waals surface area contributed by atoms with Gasteiger partial charge in [0.05, 0.1) is 29.4 Å². The van der Waals surface area contributed by atoms with E-state index in [1.165, 1.54) is 16.4 Å². The first-order valence-corrected chi connectivity index (χ1v) is 13.6. The third-order valence-corrected chi connectivity index (χ3v) is 8.53. The summed E-state index contributed by atoms with van der Waals surface area (Å²) >= 11 is 0. The van der Waals surface area contributed by atoms with Gasteiger partial charge in [-0.2, -0.15) is 4.31 Å². The van der Waals surface area contributed by atoms with Gasteiger partial charge in [-0.15, -0.1) is 0 Å². The average Bonchev–Trinajstić information content (AvgIpc) is 3.68. The van der Waals surface area contributed by atoms with Crippen molar-refractivity contribution >= 4 is 27.6 Å². The van der Waals surface area contributed by atoms with E-state index >= 15 is 0 Å². The van der Waals surface area contributed by atoms with Crippen LogP contribution in [0.4, 0.5) is 5.69 Å². The molecule has 2 aliphatic rings. The highest BCUT2D eigenvalue weighted by Crippen LogP contribution is 2.49. The third kappa shape index (κ3) is 5.36. The van der Waals surface area contributed by atoms with Crippen LogP contribution in [0.25, 0.3) is 0 Å². The summed E-state index contributed by atoms with van der Waals surface area (Å²) in [5.74, 6) is -0.248. The Morgan fingerprint density at radius 1 is 1.03 bits per heavy atom. The third-order valence-electron chi connectivity index (χ3n) is 6.65. The van der Waals surface area contributed by atoms with Crippen LogP contribution >= 0.6 is 0 Å². The molecule has 1 atom stereocenters. The number of nitrogens with zero attached hydrogens (tertiary/aromatic N) is 1. The number of carbonyl (C=O) groups is 2. The van der Waals surface area contributed by atoms with Crippen LogP contribution in [-0.2, 0) is 29.8 Å². The van der Waals surface area contributed by atoms with Gasteiger partial charge in [-0.3, -0.25) is 9.59 Å². The van der Waals surface area contributed by atoms with Gasteiger partial charge in [0.25, 0.3) is 0 Å². The molecule has 4 rings (SSSR count). The molecule has 8 nitrogen and oxygen atoms in total. The Morgan fingerprint density at radius 3 is 2.31 bits per heavy atom. The van der Waals surface area contributed by atoms with Crippen LogP contribution in [0.1, 0.15) is 45.1 Å². The molecule has 35 heavy (non-hydrogen) atoms. The predicted octanol–water partition coefficient (Wildman–Crippen LogP) is 3.72. The summed E-state index contributed by atoms with van der Waals surface area (Å²) in [6, 6.07) is 13.6. The lowest BCUT2D eigenvalue weighted by Crippen LogP contribution is -2.43. The first kappa shape index (κ1) is 25.2. The van der Waals surface area contributed by atoms with Crippen molar-refractivity contribution in [1.82, 2.24) is 4.31 Å². The van der Waals surface area contributed by atoms with E-state index in [0.717, 1.165) is 18.4 Å². The molecule has 1 heterocycles. The minimum atomic E-state index is -3.71. The summed E-state index contributed by atoms with van der Waals surface area (Å²) in [5, 5.41) is 2.91. The van der Waals surface area contributed by atoms with Gasteiger partial charge < -0.3 is 14.8 Å². The molecular weight excluding hydrogens is 468 g/mol. The Morgan fingerprint density at radius 2 is 1.71 bits per heavy atom. The molecule has 0 bridgehead atoms. The molecule has 9 heteroatoms. The first-order chi connectivity index (χ1) is 16.8. The van der Waals surface area contributed by atoms with Crippen molar-refractivity contribution in [2.75, 3.05) is 31.6 Å². The van der Waals surface area contributed by atoms with Crippen molar-refractivity contribution in [3.8, 4) is 5.75 Å². The Bertz CT molecular complexity index is 1160. The molecule has 0 radical (unpaired) electrons. The molecule has 2 aromatic carbocycles. The standard InChI is InChI=1S/C26H32N2O6S/c1-3-33-22-11-13-23(14-12-22)35(31,32)28-17-5-6-19(18-28)24(29)27-21-9-7-20(8-10-21)26(15-16-26)25(30)34-4-2/h7-14,19H,3-6,15-18H2,1-2H3,(H,27,29)/t19-/m1/s1. The Balaban J connectivity index is 1.39. The maximum Gasteiger partial charge on any atom is 0.316 e. The number of carbonyl (C=O) groups excluding carboxylic acids is 2. The quantitative estimate of drug-likeness (QED) is 0.527. The summed E-state index contributed by atoms with van der Waals surface area (Å²) in [6.45, 7) is 5.02. The van der Waals surface area contributed by atoms with Crippen molar-refractivity contribution in [2.45, 2.75) is 49.8 Å². The van der Waals surface area contributed by atoms with Gasteiger partial charge in [0.2, 0.25) is 15.9 Å². The van der Waals surface area contributed by atoms with Crippen molar-refractivity contribution < 1.29 is 27.5 Å².